The number of aryl methyl sites for hydroxylation is 1. The Morgan fingerprint density at radius 2 is 2.05 bits per heavy atom. The summed E-state index contributed by atoms with van der Waals surface area (Å²) in [5, 5.41) is 0. The molecule has 0 saturated carbocycles. The molecule has 1 atom stereocenters. The summed E-state index contributed by atoms with van der Waals surface area (Å²) in [5.41, 5.74) is 0.697. The van der Waals surface area contributed by atoms with Gasteiger partial charge >= 0.3 is 0 Å². The molecule has 1 aromatic heterocycles. The van der Waals surface area contributed by atoms with Crippen LogP contribution < -0.4 is 4.72 Å². The molecule has 0 fully saturated rings. The third kappa shape index (κ3) is 3.26. The standard InChI is InChI=1S/C13H14BrNO3S/c1-9-5-6-11(14)8-13(9)19(16,17)15-10(2)12-4-3-7-18-12/h3-8,10,15H,1-2H3/t10-/m0/s1. The summed E-state index contributed by atoms with van der Waals surface area (Å²) in [4.78, 5) is 0.264. The zero-order valence-corrected chi connectivity index (χ0v) is 13.0. The molecule has 0 aliphatic rings. The number of benzene rings is 1. The lowest BCUT2D eigenvalue weighted by atomic mass is 10.2. The number of hydrogen-bond donors (Lipinski definition) is 1. The molecule has 1 N–H and O–H groups in total. The molecular formula is C13H14BrNO3S. The first-order chi connectivity index (χ1) is 8.90. The van der Waals surface area contributed by atoms with Crippen molar-refractivity contribution < 1.29 is 12.8 Å². The molecule has 4 nitrogen and oxygen atoms in total. The molecule has 0 saturated heterocycles. The molecule has 2 aromatic rings. The van der Waals surface area contributed by atoms with Crippen LogP contribution in [0.4, 0.5) is 0 Å². The van der Waals surface area contributed by atoms with Crippen molar-refractivity contribution in [2.24, 2.45) is 0 Å². The van der Waals surface area contributed by atoms with Gasteiger partial charge in [0.05, 0.1) is 17.2 Å². The average Bonchev–Trinajstić information content (AvgIpc) is 2.85. The van der Waals surface area contributed by atoms with Gasteiger partial charge in [0, 0.05) is 4.47 Å². The summed E-state index contributed by atoms with van der Waals surface area (Å²) in [6.07, 6.45) is 1.52. The van der Waals surface area contributed by atoms with Crippen molar-refractivity contribution in [2.75, 3.05) is 0 Å². The minimum Gasteiger partial charge on any atom is -0.468 e. The molecule has 0 amide bonds. The van der Waals surface area contributed by atoms with Crippen molar-refractivity contribution in [3.8, 4) is 0 Å². The number of furan rings is 1. The van der Waals surface area contributed by atoms with Gasteiger partial charge in [0.1, 0.15) is 5.76 Å². The van der Waals surface area contributed by atoms with Gasteiger partial charge in [-0.15, -0.1) is 0 Å². The number of rotatable bonds is 4. The molecule has 0 unspecified atom stereocenters. The van der Waals surface area contributed by atoms with Gasteiger partial charge < -0.3 is 4.42 Å². The fraction of sp³-hybridized carbons (Fsp3) is 0.231. The maximum absolute atomic E-state index is 12.3. The Bertz CT molecular complexity index is 665. The number of halogens is 1. The number of sulfonamides is 1. The van der Waals surface area contributed by atoms with Crippen molar-refractivity contribution >= 4 is 26.0 Å². The van der Waals surface area contributed by atoms with Crippen LogP contribution >= 0.6 is 15.9 Å². The highest BCUT2D eigenvalue weighted by atomic mass is 79.9. The van der Waals surface area contributed by atoms with E-state index >= 15 is 0 Å². The summed E-state index contributed by atoms with van der Waals surface area (Å²) < 4.78 is 33.2. The molecule has 19 heavy (non-hydrogen) atoms. The topological polar surface area (TPSA) is 59.3 Å². The van der Waals surface area contributed by atoms with Gasteiger partial charge in [-0.1, -0.05) is 22.0 Å². The molecular weight excluding hydrogens is 330 g/mol. The van der Waals surface area contributed by atoms with E-state index in [2.05, 4.69) is 20.7 Å². The number of nitrogens with one attached hydrogen (secondary N) is 1. The predicted octanol–water partition coefficient (Wildman–Crippen LogP) is 3.39. The van der Waals surface area contributed by atoms with Crippen molar-refractivity contribution in [2.45, 2.75) is 24.8 Å². The van der Waals surface area contributed by atoms with Crippen LogP contribution in [-0.4, -0.2) is 8.42 Å². The third-order valence-corrected chi connectivity index (χ3v) is 4.92. The monoisotopic (exact) mass is 343 g/mol. The van der Waals surface area contributed by atoms with Gasteiger partial charge in [0.25, 0.3) is 0 Å². The quantitative estimate of drug-likeness (QED) is 0.925. The molecule has 102 valence electrons. The lowest BCUT2D eigenvalue weighted by Gasteiger charge is -2.14. The van der Waals surface area contributed by atoms with Crippen molar-refractivity contribution in [1.82, 2.24) is 4.72 Å². The fourth-order valence-electron chi connectivity index (χ4n) is 1.76. The first-order valence-corrected chi connectivity index (χ1v) is 7.99. The van der Waals surface area contributed by atoms with Gasteiger partial charge in [0.15, 0.2) is 0 Å². The van der Waals surface area contributed by atoms with Crippen LogP contribution in [0.2, 0.25) is 0 Å². The summed E-state index contributed by atoms with van der Waals surface area (Å²) in [6, 6.07) is 8.21. The first-order valence-electron chi connectivity index (χ1n) is 5.72. The van der Waals surface area contributed by atoms with Crippen LogP contribution in [0.15, 0.2) is 50.4 Å². The van der Waals surface area contributed by atoms with Crippen LogP contribution in [-0.2, 0) is 10.0 Å². The van der Waals surface area contributed by atoms with Crippen LogP contribution in [0.5, 0.6) is 0 Å². The minimum absolute atomic E-state index is 0.264. The highest BCUT2D eigenvalue weighted by Crippen LogP contribution is 2.23. The van der Waals surface area contributed by atoms with E-state index < -0.39 is 16.1 Å². The van der Waals surface area contributed by atoms with E-state index in [0.717, 1.165) is 4.47 Å². The van der Waals surface area contributed by atoms with Crippen LogP contribution in [0, 0.1) is 6.92 Å². The molecule has 1 heterocycles. The molecule has 0 bridgehead atoms. The van der Waals surface area contributed by atoms with Gasteiger partial charge in [-0.2, -0.15) is 0 Å². The molecule has 6 heteroatoms. The molecule has 2 rings (SSSR count). The molecule has 0 radical (unpaired) electrons. The zero-order valence-electron chi connectivity index (χ0n) is 10.6. The summed E-state index contributed by atoms with van der Waals surface area (Å²) in [7, 11) is -3.58. The lowest BCUT2D eigenvalue weighted by molar-refractivity contribution is 0.459. The second kappa shape index (κ2) is 5.48. The van der Waals surface area contributed by atoms with Gasteiger partial charge in [-0.25, -0.2) is 13.1 Å². The lowest BCUT2D eigenvalue weighted by Crippen LogP contribution is -2.27. The SMILES string of the molecule is Cc1ccc(Br)cc1S(=O)(=O)N[C@@H](C)c1ccco1. The van der Waals surface area contributed by atoms with E-state index in [4.69, 9.17) is 4.42 Å². The Balaban J connectivity index is 2.30. The van der Waals surface area contributed by atoms with Crippen molar-refractivity contribution in [1.29, 1.82) is 0 Å². The molecule has 1 aromatic carbocycles. The molecule has 0 aliphatic carbocycles. The summed E-state index contributed by atoms with van der Waals surface area (Å²) >= 11 is 3.28. The Labute approximate surface area is 121 Å². The first kappa shape index (κ1) is 14.3. The summed E-state index contributed by atoms with van der Waals surface area (Å²) in [6.45, 7) is 3.50. The van der Waals surface area contributed by atoms with Crippen LogP contribution in [0.1, 0.15) is 24.3 Å². The van der Waals surface area contributed by atoms with Gasteiger partial charge in [-0.05, 0) is 43.7 Å². The minimum atomic E-state index is -3.58. The maximum atomic E-state index is 12.3. The highest BCUT2D eigenvalue weighted by Gasteiger charge is 2.21. The van der Waals surface area contributed by atoms with Crippen molar-refractivity contribution in [3.63, 3.8) is 0 Å². The molecule has 0 aliphatic heterocycles. The Morgan fingerprint density at radius 3 is 2.68 bits per heavy atom. The zero-order chi connectivity index (χ0) is 14.0. The van der Waals surface area contributed by atoms with E-state index in [0.29, 0.717) is 11.3 Å². The van der Waals surface area contributed by atoms with E-state index in [1.807, 2.05) is 6.07 Å². The van der Waals surface area contributed by atoms with Gasteiger partial charge in [0.2, 0.25) is 10.0 Å². The van der Waals surface area contributed by atoms with Gasteiger partial charge in [-0.3, -0.25) is 0 Å². The fourth-order valence-corrected chi connectivity index (χ4v) is 3.75. The Kier molecular flexibility index (Phi) is 4.13. The molecule has 0 spiro atoms. The smallest absolute Gasteiger partial charge is 0.241 e. The average molecular weight is 344 g/mol. The van der Waals surface area contributed by atoms with E-state index in [-0.39, 0.29) is 4.90 Å². The van der Waals surface area contributed by atoms with Crippen LogP contribution in [0.3, 0.4) is 0 Å². The van der Waals surface area contributed by atoms with E-state index in [1.165, 1.54) is 6.26 Å². The second-order valence-corrected chi connectivity index (χ2v) is 6.87. The normalized spacial score (nSPS) is 13.4. The summed E-state index contributed by atoms with van der Waals surface area (Å²) in [5.74, 6) is 0.580. The third-order valence-electron chi connectivity index (χ3n) is 2.74. The predicted molar refractivity (Wildman–Crippen MR) is 76.3 cm³/mol. The maximum Gasteiger partial charge on any atom is 0.241 e. The van der Waals surface area contributed by atoms with Crippen LogP contribution in [0.25, 0.3) is 0 Å². The number of hydrogen-bond acceptors (Lipinski definition) is 3. The largest absolute Gasteiger partial charge is 0.468 e. The Hall–Kier alpha value is -1.11. The van der Waals surface area contributed by atoms with Crippen molar-refractivity contribution in [3.05, 3.63) is 52.4 Å². The Morgan fingerprint density at radius 1 is 1.32 bits per heavy atom. The van der Waals surface area contributed by atoms with E-state index in [9.17, 15) is 8.42 Å². The van der Waals surface area contributed by atoms with E-state index in [1.54, 1.807) is 38.1 Å². The highest BCUT2D eigenvalue weighted by molar-refractivity contribution is 9.10. The second-order valence-electron chi connectivity index (χ2n) is 4.27.